The highest BCUT2D eigenvalue weighted by molar-refractivity contribution is 5.75. The fourth-order valence-corrected chi connectivity index (χ4v) is 2.46. The standard InChI is InChI=1S/C15H29N3O3/c1-15(2,3)12(9-13(19)20)17-14(21)16-10-11-5-7-18(4)8-6-11/h11-12H,5-10H2,1-4H3,(H,19,20)(H2,16,17,21). The summed E-state index contributed by atoms with van der Waals surface area (Å²) in [5.41, 5.74) is -0.288. The van der Waals surface area contributed by atoms with Crippen molar-refractivity contribution in [1.82, 2.24) is 15.5 Å². The third kappa shape index (κ3) is 6.80. The van der Waals surface area contributed by atoms with Crippen molar-refractivity contribution in [3.8, 4) is 0 Å². The smallest absolute Gasteiger partial charge is 0.315 e. The zero-order chi connectivity index (χ0) is 16.0. The minimum absolute atomic E-state index is 0.0643. The topological polar surface area (TPSA) is 81.7 Å². The van der Waals surface area contributed by atoms with Gasteiger partial charge in [-0.25, -0.2) is 4.79 Å². The van der Waals surface area contributed by atoms with Crippen LogP contribution in [-0.4, -0.2) is 54.7 Å². The van der Waals surface area contributed by atoms with E-state index in [1.165, 1.54) is 0 Å². The van der Waals surface area contributed by atoms with Crippen molar-refractivity contribution in [1.29, 1.82) is 0 Å². The second kappa shape index (κ2) is 7.64. The lowest BCUT2D eigenvalue weighted by atomic mass is 9.85. The molecule has 0 radical (unpaired) electrons. The fourth-order valence-electron chi connectivity index (χ4n) is 2.46. The van der Waals surface area contributed by atoms with Gasteiger partial charge in [0.25, 0.3) is 0 Å². The lowest BCUT2D eigenvalue weighted by Crippen LogP contribution is -2.50. The number of hydrogen-bond acceptors (Lipinski definition) is 3. The highest BCUT2D eigenvalue weighted by Gasteiger charge is 2.28. The fraction of sp³-hybridized carbons (Fsp3) is 0.867. The van der Waals surface area contributed by atoms with Crippen molar-refractivity contribution in [3.05, 3.63) is 0 Å². The first kappa shape index (κ1) is 17.8. The molecule has 1 heterocycles. The van der Waals surface area contributed by atoms with E-state index in [2.05, 4.69) is 22.6 Å². The molecule has 3 N–H and O–H groups in total. The van der Waals surface area contributed by atoms with E-state index in [9.17, 15) is 9.59 Å². The van der Waals surface area contributed by atoms with Gasteiger partial charge >= 0.3 is 12.0 Å². The Morgan fingerprint density at radius 2 is 1.86 bits per heavy atom. The van der Waals surface area contributed by atoms with Gasteiger partial charge in [0.1, 0.15) is 0 Å². The number of urea groups is 1. The Labute approximate surface area is 127 Å². The van der Waals surface area contributed by atoms with E-state index in [0.29, 0.717) is 12.5 Å². The van der Waals surface area contributed by atoms with Gasteiger partial charge in [-0.05, 0) is 44.3 Å². The summed E-state index contributed by atoms with van der Waals surface area (Å²) in [5, 5.41) is 14.6. The quantitative estimate of drug-likeness (QED) is 0.719. The minimum Gasteiger partial charge on any atom is -0.481 e. The first-order valence-electron chi connectivity index (χ1n) is 7.63. The number of aliphatic carboxylic acids is 1. The summed E-state index contributed by atoms with van der Waals surface area (Å²) in [6.45, 7) is 8.58. The Kier molecular flexibility index (Phi) is 6.45. The van der Waals surface area contributed by atoms with Crippen LogP contribution in [0.15, 0.2) is 0 Å². The van der Waals surface area contributed by atoms with Gasteiger partial charge < -0.3 is 20.6 Å². The number of carboxylic acid groups (broad SMARTS) is 1. The summed E-state index contributed by atoms with van der Waals surface area (Å²) < 4.78 is 0. The maximum absolute atomic E-state index is 12.0. The van der Waals surface area contributed by atoms with Gasteiger partial charge in [-0.2, -0.15) is 0 Å². The molecule has 0 aromatic rings. The van der Waals surface area contributed by atoms with Crippen LogP contribution < -0.4 is 10.6 Å². The number of nitrogens with zero attached hydrogens (tertiary/aromatic N) is 1. The van der Waals surface area contributed by atoms with Crippen LogP contribution in [0.25, 0.3) is 0 Å². The molecule has 6 nitrogen and oxygen atoms in total. The van der Waals surface area contributed by atoms with Crippen LogP contribution in [0.4, 0.5) is 4.79 Å². The number of hydrogen-bond donors (Lipinski definition) is 3. The van der Waals surface area contributed by atoms with E-state index in [4.69, 9.17) is 5.11 Å². The highest BCUT2D eigenvalue weighted by Crippen LogP contribution is 2.22. The molecular weight excluding hydrogens is 270 g/mol. The lowest BCUT2D eigenvalue weighted by molar-refractivity contribution is -0.138. The summed E-state index contributed by atoms with van der Waals surface area (Å²) in [4.78, 5) is 25.2. The molecular formula is C15H29N3O3. The average Bonchev–Trinajstić information content (AvgIpc) is 2.36. The van der Waals surface area contributed by atoms with Crippen LogP contribution in [0.3, 0.4) is 0 Å². The molecule has 0 aromatic heterocycles. The maximum atomic E-state index is 12.0. The molecule has 0 spiro atoms. The van der Waals surface area contributed by atoms with Gasteiger partial charge in [0.15, 0.2) is 0 Å². The summed E-state index contributed by atoms with van der Waals surface area (Å²) >= 11 is 0. The second-order valence-corrected chi connectivity index (χ2v) is 7.12. The molecule has 1 unspecified atom stereocenters. The summed E-state index contributed by atoms with van der Waals surface area (Å²) in [6.07, 6.45) is 2.12. The van der Waals surface area contributed by atoms with Crippen LogP contribution in [0.2, 0.25) is 0 Å². The van der Waals surface area contributed by atoms with Gasteiger partial charge in [0.05, 0.1) is 6.42 Å². The molecule has 2 amide bonds. The van der Waals surface area contributed by atoms with Crippen molar-refractivity contribution >= 4 is 12.0 Å². The molecule has 1 saturated heterocycles. The predicted molar refractivity (Wildman–Crippen MR) is 82.3 cm³/mol. The normalized spacial score (nSPS) is 19.0. The molecule has 1 aliphatic rings. The summed E-state index contributed by atoms with van der Waals surface area (Å²) in [6, 6.07) is -0.650. The number of piperidine rings is 1. The van der Waals surface area contributed by atoms with Crippen molar-refractivity contribution in [2.24, 2.45) is 11.3 Å². The van der Waals surface area contributed by atoms with Crippen LogP contribution in [0.5, 0.6) is 0 Å². The monoisotopic (exact) mass is 299 g/mol. The lowest BCUT2D eigenvalue weighted by Gasteiger charge is -2.31. The molecule has 21 heavy (non-hydrogen) atoms. The van der Waals surface area contributed by atoms with Crippen LogP contribution in [-0.2, 0) is 4.79 Å². The van der Waals surface area contributed by atoms with Gasteiger partial charge in [-0.15, -0.1) is 0 Å². The Morgan fingerprint density at radius 1 is 1.29 bits per heavy atom. The van der Waals surface area contributed by atoms with Gasteiger partial charge in [0.2, 0.25) is 0 Å². The molecule has 0 bridgehead atoms. The molecule has 1 fully saturated rings. The Bertz CT molecular complexity index is 358. The van der Waals surface area contributed by atoms with Crippen LogP contribution in [0.1, 0.15) is 40.0 Å². The SMILES string of the molecule is CN1CCC(CNC(=O)NC(CC(=O)O)C(C)(C)C)CC1. The first-order chi connectivity index (χ1) is 9.68. The number of carbonyl (C=O) groups is 2. The van der Waals surface area contributed by atoms with E-state index in [-0.39, 0.29) is 23.9 Å². The molecule has 0 aromatic carbocycles. The number of likely N-dealkylation sites (tertiary alicyclic amines) is 1. The largest absolute Gasteiger partial charge is 0.481 e. The van der Waals surface area contributed by atoms with Crippen molar-refractivity contribution < 1.29 is 14.7 Å². The molecule has 0 aliphatic carbocycles. The first-order valence-corrected chi connectivity index (χ1v) is 7.63. The number of rotatable bonds is 5. The van der Waals surface area contributed by atoms with Gasteiger partial charge in [0, 0.05) is 12.6 Å². The molecule has 1 atom stereocenters. The maximum Gasteiger partial charge on any atom is 0.315 e. The van der Waals surface area contributed by atoms with E-state index >= 15 is 0 Å². The number of amides is 2. The van der Waals surface area contributed by atoms with Crippen molar-refractivity contribution in [2.45, 2.75) is 46.1 Å². The van der Waals surface area contributed by atoms with Crippen molar-refractivity contribution in [3.63, 3.8) is 0 Å². The highest BCUT2D eigenvalue weighted by atomic mass is 16.4. The van der Waals surface area contributed by atoms with Gasteiger partial charge in [-0.1, -0.05) is 20.8 Å². The minimum atomic E-state index is -0.898. The Balaban J connectivity index is 2.38. The van der Waals surface area contributed by atoms with E-state index < -0.39 is 5.97 Å². The Hall–Kier alpha value is -1.30. The number of carboxylic acids is 1. The molecule has 122 valence electrons. The number of nitrogens with one attached hydrogen (secondary N) is 2. The van der Waals surface area contributed by atoms with Gasteiger partial charge in [-0.3, -0.25) is 4.79 Å². The average molecular weight is 299 g/mol. The second-order valence-electron chi connectivity index (χ2n) is 7.12. The third-order valence-electron chi connectivity index (χ3n) is 4.12. The molecule has 1 rings (SSSR count). The van der Waals surface area contributed by atoms with Crippen LogP contribution in [0, 0.1) is 11.3 Å². The number of carbonyl (C=O) groups excluding carboxylic acids is 1. The van der Waals surface area contributed by atoms with E-state index in [0.717, 1.165) is 25.9 Å². The Morgan fingerprint density at radius 3 is 2.33 bits per heavy atom. The molecule has 6 heteroatoms. The molecule has 1 aliphatic heterocycles. The summed E-state index contributed by atoms with van der Waals surface area (Å²) in [5.74, 6) is -0.384. The van der Waals surface area contributed by atoms with Crippen LogP contribution >= 0.6 is 0 Å². The zero-order valence-corrected chi connectivity index (χ0v) is 13.6. The van der Waals surface area contributed by atoms with E-state index in [1.54, 1.807) is 0 Å². The van der Waals surface area contributed by atoms with Crippen molar-refractivity contribution in [2.75, 3.05) is 26.7 Å². The molecule has 0 saturated carbocycles. The predicted octanol–water partition coefficient (Wildman–Crippen LogP) is 1.52. The third-order valence-corrected chi connectivity index (χ3v) is 4.12. The zero-order valence-electron chi connectivity index (χ0n) is 13.6. The summed E-state index contributed by atoms with van der Waals surface area (Å²) in [7, 11) is 2.11. The van der Waals surface area contributed by atoms with E-state index in [1.807, 2.05) is 20.8 Å².